The van der Waals surface area contributed by atoms with Gasteiger partial charge in [-0.1, -0.05) is 51.5 Å². The smallest absolute Gasteiger partial charge is 0.416 e. The van der Waals surface area contributed by atoms with Crippen LogP contribution in [0.5, 0.6) is 0 Å². The fraction of sp³-hybridized carbons (Fsp3) is 0.613. The van der Waals surface area contributed by atoms with Crippen LogP contribution in [-0.2, 0) is 27.4 Å². The lowest BCUT2D eigenvalue weighted by atomic mass is 9.98. The molecule has 6 nitrogen and oxygen atoms in total. The number of hydrogen-bond acceptors (Lipinski definition) is 6. The minimum Gasteiger partial charge on any atom is -0.443 e. The number of aryl methyl sites for hydroxylation is 2. The van der Waals surface area contributed by atoms with Gasteiger partial charge in [0.05, 0.1) is 4.90 Å². The Morgan fingerprint density at radius 2 is 1.71 bits per heavy atom. The highest BCUT2D eigenvalue weighted by Gasteiger charge is 2.52. The number of thioether (sulfide) groups is 1. The molecule has 1 aliphatic rings. The predicted octanol–water partition coefficient (Wildman–Crippen LogP) is 8.09. The van der Waals surface area contributed by atoms with E-state index in [-0.39, 0.29) is 22.5 Å². The number of anilines is 1. The molecule has 0 bridgehead atoms. The second kappa shape index (κ2) is 13.4. The van der Waals surface area contributed by atoms with Crippen LogP contribution in [0.1, 0.15) is 84.9 Å². The highest BCUT2D eigenvalue weighted by Crippen LogP contribution is 2.41. The number of hydrogen-bond donors (Lipinski definition) is 0. The Labute approximate surface area is 248 Å². The molecule has 228 valence electrons. The molecule has 2 heterocycles. The van der Waals surface area contributed by atoms with Gasteiger partial charge < -0.3 is 4.74 Å². The number of pyridine rings is 1. The molecular formula is C31H44F2N2O4S2. The number of sulfone groups is 1. The maximum Gasteiger partial charge on any atom is 0.416 e. The average molecular weight is 611 g/mol. The SMILES string of the molecule is CC(C)(C)OC(=O)N1CCCc2ccc(CCCC[C@@H](CCSC(C)(C)C)C(F)(F)S(=O)(=O)c3ccccc3)nc21. The number of nitrogens with zero attached hydrogens (tertiary/aromatic N) is 2. The Morgan fingerprint density at radius 1 is 1.02 bits per heavy atom. The molecule has 41 heavy (non-hydrogen) atoms. The summed E-state index contributed by atoms with van der Waals surface area (Å²) in [5, 5.41) is -3.88. The molecule has 2 aromatic rings. The Morgan fingerprint density at radius 3 is 2.34 bits per heavy atom. The van der Waals surface area contributed by atoms with E-state index in [1.54, 1.807) is 22.7 Å². The number of rotatable bonds is 11. The van der Waals surface area contributed by atoms with E-state index in [1.807, 2.05) is 53.7 Å². The molecule has 1 aliphatic heterocycles. The second-order valence-corrected chi connectivity index (χ2v) is 16.5. The standard InChI is InChI=1S/C31H44F2N2O4S2/c1-29(2,3)39-28(36)35-21-12-13-23-18-19-25(34-27(23)35)15-11-10-14-24(20-22-40-30(4,5)6)31(32,33)41(37,38)26-16-8-7-9-17-26/h7-9,16-19,24H,10-15,20-22H2,1-6H3/t24-/m0/s1. The number of aromatic nitrogens is 1. The van der Waals surface area contributed by atoms with Crippen molar-refractivity contribution < 1.29 is 26.7 Å². The molecule has 0 aliphatic carbocycles. The third-order valence-corrected chi connectivity index (χ3v) is 10.1. The van der Waals surface area contributed by atoms with E-state index in [0.29, 0.717) is 37.4 Å². The lowest BCUT2D eigenvalue weighted by Gasteiger charge is -2.31. The molecule has 3 rings (SSSR count). The third-order valence-electron chi connectivity index (χ3n) is 6.83. The zero-order valence-electron chi connectivity index (χ0n) is 25.1. The minimum absolute atomic E-state index is 0.0821. The lowest BCUT2D eigenvalue weighted by molar-refractivity contribution is 0.0196. The van der Waals surface area contributed by atoms with Crippen LogP contribution in [0.3, 0.4) is 0 Å². The summed E-state index contributed by atoms with van der Waals surface area (Å²) in [5.41, 5.74) is 1.13. The van der Waals surface area contributed by atoms with Crippen LogP contribution in [0.2, 0.25) is 0 Å². The van der Waals surface area contributed by atoms with Crippen LogP contribution < -0.4 is 4.90 Å². The fourth-order valence-electron chi connectivity index (χ4n) is 4.77. The van der Waals surface area contributed by atoms with Gasteiger partial charge in [-0.15, -0.1) is 0 Å². The van der Waals surface area contributed by atoms with E-state index in [2.05, 4.69) is 0 Å². The molecule has 0 fully saturated rings. The zero-order chi connectivity index (χ0) is 30.5. The summed E-state index contributed by atoms with van der Waals surface area (Å²) in [5.74, 6) is -0.261. The maximum absolute atomic E-state index is 15.7. The van der Waals surface area contributed by atoms with Crippen LogP contribution >= 0.6 is 11.8 Å². The van der Waals surface area contributed by atoms with Gasteiger partial charge in [0.15, 0.2) is 0 Å². The first-order valence-corrected chi connectivity index (χ1v) is 16.8. The third kappa shape index (κ3) is 9.14. The molecule has 0 spiro atoms. The summed E-state index contributed by atoms with van der Waals surface area (Å²) in [4.78, 5) is 18.8. The largest absolute Gasteiger partial charge is 0.443 e. The van der Waals surface area contributed by atoms with E-state index < -0.39 is 32.7 Å². The number of unbranched alkanes of at least 4 members (excludes halogenated alkanes) is 1. The van der Waals surface area contributed by atoms with Crippen LogP contribution in [0.25, 0.3) is 0 Å². The molecule has 1 atom stereocenters. The fourth-order valence-corrected chi connectivity index (χ4v) is 7.29. The molecule has 0 radical (unpaired) electrons. The molecule has 1 aromatic carbocycles. The molecule has 10 heteroatoms. The molecule has 1 aromatic heterocycles. The van der Waals surface area contributed by atoms with Gasteiger partial charge in [-0.3, -0.25) is 4.90 Å². The topological polar surface area (TPSA) is 76.6 Å². The van der Waals surface area contributed by atoms with Gasteiger partial charge in [-0.25, -0.2) is 18.2 Å². The number of halogens is 2. The van der Waals surface area contributed by atoms with E-state index in [0.717, 1.165) is 24.1 Å². The van der Waals surface area contributed by atoms with Gasteiger partial charge >= 0.3 is 11.3 Å². The molecule has 0 unspecified atom stereocenters. The van der Waals surface area contributed by atoms with Crippen LogP contribution in [-0.4, -0.2) is 47.4 Å². The van der Waals surface area contributed by atoms with E-state index in [1.165, 1.54) is 24.3 Å². The van der Waals surface area contributed by atoms with Gasteiger partial charge in [0.1, 0.15) is 11.4 Å². The maximum atomic E-state index is 15.7. The Hall–Kier alpha value is -2.20. The first kappa shape index (κ1) is 33.3. The minimum atomic E-state index is -4.83. The predicted molar refractivity (Wildman–Crippen MR) is 163 cm³/mol. The van der Waals surface area contributed by atoms with E-state index in [4.69, 9.17) is 9.72 Å². The van der Waals surface area contributed by atoms with Crippen molar-refractivity contribution >= 4 is 33.5 Å². The first-order valence-electron chi connectivity index (χ1n) is 14.3. The first-order chi connectivity index (χ1) is 19.0. The molecule has 0 N–H and O–H groups in total. The van der Waals surface area contributed by atoms with Crippen LogP contribution in [0, 0.1) is 5.92 Å². The Bertz CT molecular complexity index is 1270. The van der Waals surface area contributed by atoms with Gasteiger partial charge in [0, 0.05) is 22.9 Å². The molecule has 0 saturated carbocycles. The van der Waals surface area contributed by atoms with Crippen LogP contribution in [0.15, 0.2) is 47.4 Å². The summed E-state index contributed by atoms with van der Waals surface area (Å²) in [6.45, 7) is 12.0. The van der Waals surface area contributed by atoms with Crippen molar-refractivity contribution in [1.29, 1.82) is 0 Å². The number of alkyl halides is 2. The number of amides is 1. The van der Waals surface area contributed by atoms with Crippen molar-refractivity contribution in [1.82, 2.24) is 4.98 Å². The number of benzene rings is 1. The average Bonchev–Trinajstić information content (AvgIpc) is 2.88. The van der Waals surface area contributed by atoms with Crippen molar-refractivity contribution in [3.05, 3.63) is 53.7 Å². The van der Waals surface area contributed by atoms with Crippen molar-refractivity contribution in [3.8, 4) is 0 Å². The number of carbonyl (C=O) groups is 1. The number of fused-ring (bicyclic) bond motifs is 1. The van der Waals surface area contributed by atoms with Gasteiger partial charge in [-0.05, 0) is 88.8 Å². The summed E-state index contributed by atoms with van der Waals surface area (Å²) >= 11 is 1.56. The van der Waals surface area contributed by atoms with E-state index in [9.17, 15) is 13.2 Å². The molecule has 1 amide bonds. The summed E-state index contributed by atoms with van der Waals surface area (Å²) in [6, 6.07) is 10.9. The Kier molecular flexibility index (Phi) is 10.9. The highest BCUT2D eigenvalue weighted by molar-refractivity contribution is 8.00. The summed E-state index contributed by atoms with van der Waals surface area (Å²) in [7, 11) is -4.83. The summed E-state index contributed by atoms with van der Waals surface area (Å²) in [6.07, 6.45) is 2.93. The quantitative estimate of drug-likeness (QED) is 0.239. The lowest BCUT2D eigenvalue weighted by Crippen LogP contribution is -2.40. The molecular weight excluding hydrogens is 566 g/mol. The normalized spacial score (nSPS) is 15.4. The van der Waals surface area contributed by atoms with Crippen molar-refractivity contribution in [2.24, 2.45) is 5.92 Å². The number of ether oxygens (including phenoxy) is 1. The van der Waals surface area contributed by atoms with Gasteiger partial charge in [0.2, 0.25) is 9.84 Å². The Balaban J connectivity index is 1.70. The number of carbonyl (C=O) groups excluding carboxylic acids is 1. The van der Waals surface area contributed by atoms with Crippen molar-refractivity contribution in [2.45, 2.75) is 107 Å². The van der Waals surface area contributed by atoms with Gasteiger partial charge in [-0.2, -0.15) is 20.5 Å². The summed E-state index contributed by atoms with van der Waals surface area (Å²) < 4.78 is 62.9. The highest BCUT2D eigenvalue weighted by atomic mass is 32.2. The molecule has 0 saturated heterocycles. The van der Waals surface area contributed by atoms with Crippen molar-refractivity contribution in [2.75, 3.05) is 17.2 Å². The second-order valence-electron chi connectivity index (χ2n) is 12.6. The van der Waals surface area contributed by atoms with Crippen molar-refractivity contribution in [3.63, 3.8) is 0 Å². The van der Waals surface area contributed by atoms with E-state index >= 15 is 8.78 Å². The van der Waals surface area contributed by atoms with Gasteiger partial charge in [0.25, 0.3) is 0 Å². The van der Waals surface area contributed by atoms with Crippen LogP contribution in [0.4, 0.5) is 19.4 Å². The monoisotopic (exact) mass is 610 g/mol. The zero-order valence-corrected chi connectivity index (χ0v) is 26.7.